The summed E-state index contributed by atoms with van der Waals surface area (Å²) in [6.07, 6.45) is -0.545. The molecule has 2 aromatic rings. The minimum Gasteiger partial charge on any atom is -0.391 e. The molecule has 0 radical (unpaired) electrons. The quantitative estimate of drug-likeness (QED) is 0.745. The topological polar surface area (TPSA) is 72.8 Å². The van der Waals surface area contributed by atoms with Gasteiger partial charge in [0.2, 0.25) is 0 Å². The van der Waals surface area contributed by atoms with E-state index in [0.717, 1.165) is 12.1 Å². The van der Waals surface area contributed by atoms with Gasteiger partial charge in [0.1, 0.15) is 11.6 Å². The molecule has 5 nitrogen and oxygen atoms in total. The lowest BCUT2D eigenvalue weighted by Gasteiger charge is -2.26. The van der Waals surface area contributed by atoms with Gasteiger partial charge in [-0.2, -0.15) is 0 Å². The summed E-state index contributed by atoms with van der Waals surface area (Å²) in [4.78, 5) is 14.0. The van der Waals surface area contributed by atoms with Crippen LogP contribution in [0.5, 0.6) is 0 Å². The first-order valence-corrected chi connectivity index (χ1v) is 8.88. The minimum atomic E-state index is -0.694. The Hall–Kier alpha value is -2.22. The second-order valence-electron chi connectivity index (χ2n) is 6.54. The number of nitrogens with zero attached hydrogens (tertiary/aromatic N) is 1. The molecular weight excluding hydrogens is 378 g/mol. The molecule has 2 aromatic carbocycles. The molecule has 0 saturated carbocycles. The Bertz CT molecular complexity index is 838. The first-order valence-electron chi connectivity index (χ1n) is 8.50. The zero-order chi connectivity index (χ0) is 19.6. The van der Waals surface area contributed by atoms with E-state index in [-0.39, 0.29) is 29.4 Å². The van der Waals surface area contributed by atoms with Crippen molar-refractivity contribution >= 4 is 28.9 Å². The molecule has 27 heavy (non-hydrogen) atoms. The Balaban J connectivity index is 1.83. The molecule has 1 heterocycles. The van der Waals surface area contributed by atoms with Gasteiger partial charge in [-0.25, -0.2) is 8.78 Å². The van der Waals surface area contributed by atoms with E-state index >= 15 is 0 Å². The lowest BCUT2D eigenvalue weighted by molar-refractivity contribution is 0.102. The van der Waals surface area contributed by atoms with Crippen LogP contribution in [0, 0.1) is 11.6 Å². The Morgan fingerprint density at radius 2 is 1.67 bits per heavy atom. The van der Waals surface area contributed by atoms with Gasteiger partial charge >= 0.3 is 0 Å². The van der Waals surface area contributed by atoms with Gasteiger partial charge in [0.15, 0.2) is 0 Å². The number of nitrogens with one attached hydrogen (secondary N) is 1. The number of hydrogen-bond donors (Lipinski definition) is 3. The third-order valence-corrected chi connectivity index (χ3v) is 4.71. The predicted octanol–water partition coefficient (Wildman–Crippen LogP) is 3.19. The molecule has 0 unspecified atom stereocenters. The van der Waals surface area contributed by atoms with Gasteiger partial charge in [0, 0.05) is 24.3 Å². The minimum absolute atomic E-state index is 0.125. The number of anilines is 2. The van der Waals surface area contributed by atoms with Crippen molar-refractivity contribution in [3.05, 3.63) is 58.6 Å². The normalized spacial score (nSPS) is 20.3. The van der Waals surface area contributed by atoms with Gasteiger partial charge in [-0.15, -0.1) is 0 Å². The number of carbonyl (C=O) groups excluding carboxylic acids is 1. The summed E-state index contributed by atoms with van der Waals surface area (Å²) in [5, 5.41) is 22.4. The smallest absolute Gasteiger partial charge is 0.255 e. The highest BCUT2D eigenvalue weighted by molar-refractivity contribution is 6.31. The third kappa shape index (κ3) is 4.74. The van der Waals surface area contributed by atoms with Crippen molar-refractivity contribution in [2.75, 3.05) is 23.3 Å². The largest absolute Gasteiger partial charge is 0.391 e. The number of aliphatic hydroxyl groups is 2. The van der Waals surface area contributed by atoms with Crippen molar-refractivity contribution < 1.29 is 23.8 Å². The molecule has 2 atom stereocenters. The van der Waals surface area contributed by atoms with Crippen molar-refractivity contribution in [1.29, 1.82) is 0 Å². The molecule has 8 heteroatoms. The van der Waals surface area contributed by atoms with Crippen LogP contribution >= 0.6 is 11.6 Å². The maximum absolute atomic E-state index is 14.3. The molecule has 3 rings (SSSR count). The van der Waals surface area contributed by atoms with E-state index in [2.05, 4.69) is 5.32 Å². The summed E-state index contributed by atoms with van der Waals surface area (Å²) < 4.78 is 27.6. The number of aliphatic hydroxyl groups excluding tert-OH is 2. The van der Waals surface area contributed by atoms with Gasteiger partial charge in [0.25, 0.3) is 5.91 Å². The summed E-state index contributed by atoms with van der Waals surface area (Å²) >= 11 is 5.70. The van der Waals surface area contributed by atoms with Gasteiger partial charge in [0.05, 0.1) is 22.9 Å². The van der Waals surface area contributed by atoms with Gasteiger partial charge in [-0.1, -0.05) is 11.6 Å². The van der Waals surface area contributed by atoms with Gasteiger partial charge < -0.3 is 20.4 Å². The average molecular weight is 397 g/mol. The van der Waals surface area contributed by atoms with E-state index in [1.165, 1.54) is 29.2 Å². The SMILES string of the molecule is O=C(Nc1ccc(F)c(Cl)c1)c1ccc(F)c(N2C[C@H](O)CC[C@H](O)C2)c1. The molecule has 144 valence electrons. The number of hydrogen-bond acceptors (Lipinski definition) is 4. The van der Waals surface area contributed by atoms with E-state index in [1.54, 1.807) is 0 Å². The zero-order valence-electron chi connectivity index (χ0n) is 14.3. The Labute approximate surface area is 160 Å². The van der Waals surface area contributed by atoms with Crippen LogP contribution < -0.4 is 10.2 Å². The van der Waals surface area contributed by atoms with Crippen LogP contribution in [0.4, 0.5) is 20.2 Å². The van der Waals surface area contributed by atoms with Crippen molar-refractivity contribution in [1.82, 2.24) is 0 Å². The summed E-state index contributed by atoms with van der Waals surface area (Å²) in [6.45, 7) is 0.319. The Morgan fingerprint density at radius 3 is 2.30 bits per heavy atom. The number of benzene rings is 2. The molecule has 0 spiro atoms. The Morgan fingerprint density at radius 1 is 1.04 bits per heavy atom. The molecule has 0 aromatic heterocycles. The number of β-amino-alcohol motifs (C(OH)–C–C–N with tert-alkyl or cyclic N) is 2. The van der Waals surface area contributed by atoms with E-state index in [4.69, 9.17) is 11.6 Å². The van der Waals surface area contributed by atoms with Crippen LogP contribution in [-0.2, 0) is 0 Å². The van der Waals surface area contributed by atoms with E-state index < -0.39 is 29.7 Å². The fraction of sp³-hybridized carbons (Fsp3) is 0.316. The average Bonchev–Trinajstić information content (AvgIpc) is 2.79. The summed E-state index contributed by atoms with van der Waals surface area (Å²) in [5.41, 5.74) is 0.609. The molecule has 3 N–H and O–H groups in total. The first-order chi connectivity index (χ1) is 12.8. The summed E-state index contributed by atoms with van der Waals surface area (Å²) in [5.74, 6) is -1.68. The highest BCUT2D eigenvalue weighted by Crippen LogP contribution is 2.26. The van der Waals surface area contributed by atoms with Crippen LogP contribution in [0.25, 0.3) is 0 Å². The number of amides is 1. The fourth-order valence-corrected chi connectivity index (χ4v) is 3.20. The molecule has 1 aliphatic heterocycles. The van der Waals surface area contributed by atoms with Crippen LogP contribution in [-0.4, -0.2) is 41.4 Å². The van der Waals surface area contributed by atoms with Crippen molar-refractivity contribution in [3.63, 3.8) is 0 Å². The maximum Gasteiger partial charge on any atom is 0.255 e. The predicted molar refractivity (Wildman–Crippen MR) is 99.2 cm³/mol. The monoisotopic (exact) mass is 396 g/mol. The lowest BCUT2D eigenvalue weighted by Crippen LogP contribution is -2.35. The maximum atomic E-state index is 14.3. The van der Waals surface area contributed by atoms with Crippen LogP contribution in [0.2, 0.25) is 5.02 Å². The first kappa shape index (κ1) is 19.5. The standard InChI is InChI=1S/C19H19ClF2N2O3/c20-15-8-12(2-6-16(15)21)23-19(27)11-1-5-17(22)18(7-11)24-9-13(25)3-4-14(26)10-24/h1-2,5-8,13-14,25-26H,3-4,9-10H2,(H,23,27)/t13-,14+. The number of rotatable bonds is 3. The lowest BCUT2D eigenvalue weighted by atomic mass is 10.1. The number of halogens is 3. The molecule has 1 amide bonds. The van der Waals surface area contributed by atoms with Crippen LogP contribution in [0.3, 0.4) is 0 Å². The summed E-state index contributed by atoms with van der Waals surface area (Å²) in [7, 11) is 0. The van der Waals surface area contributed by atoms with E-state index in [0.29, 0.717) is 18.5 Å². The molecule has 1 saturated heterocycles. The van der Waals surface area contributed by atoms with Crippen molar-refractivity contribution in [2.45, 2.75) is 25.0 Å². The van der Waals surface area contributed by atoms with Gasteiger partial charge in [-0.05, 0) is 49.2 Å². The van der Waals surface area contributed by atoms with E-state index in [9.17, 15) is 23.8 Å². The van der Waals surface area contributed by atoms with Crippen LogP contribution in [0.15, 0.2) is 36.4 Å². The highest BCUT2D eigenvalue weighted by atomic mass is 35.5. The summed E-state index contributed by atoms with van der Waals surface area (Å²) in [6, 6.07) is 7.62. The molecule has 0 aliphatic carbocycles. The fourth-order valence-electron chi connectivity index (χ4n) is 3.02. The molecule has 1 aliphatic rings. The van der Waals surface area contributed by atoms with Crippen LogP contribution in [0.1, 0.15) is 23.2 Å². The zero-order valence-corrected chi connectivity index (χ0v) is 15.1. The third-order valence-electron chi connectivity index (χ3n) is 4.42. The molecule has 0 bridgehead atoms. The van der Waals surface area contributed by atoms with Gasteiger partial charge in [-0.3, -0.25) is 4.79 Å². The second kappa shape index (κ2) is 8.21. The second-order valence-corrected chi connectivity index (χ2v) is 6.95. The van der Waals surface area contributed by atoms with Crippen molar-refractivity contribution in [2.24, 2.45) is 0 Å². The van der Waals surface area contributed by atoms with E-state index in [1.807, 2.05) is 0 Å². The van der Waals surface area contributed by atoms with Crippen molar-refractivity contribution in [3.8, 4) is 0 Å². The molecule has 1 fully saturated rings. The number of carbonyl (C=O) groups is 1. The Kier molecular flexibility index (Phi) is 5.94. The molecular formula is C19H19ClF2N2O3. The highest BCUT2D eigenvalue weighted by Gasteiger charge is 2.24.